The summed E-state index contributed by atoms with van der Waals surface area (Å²) in [6.45, 7) is 0. The van der Waals surface area contributed by atoms with Crippen molar-refractivity contribution >= 4 is 28.1 Å². The largest absolute Gasteiger partial charge is 0.494 e. The number of benzene rings is 3. The number of aromatic amines is 1. The molecule has 4 nitrogen and oxygen atoms in total. The van der Waals surface area contributed by atoms with Crippen molar-refractivity contribution in [3.05, 3.63) is 90.5 Å². The number of hydrogen-bond donors (Lipinski definition) is 3. The molecule has 0 aliphatic heterocycles. The average molecular weight is 327 g/mol. The SMILES string of the molecule is Oc1[nH]c2ccccc2c1C(=Nc1ccccc1)Nc1ccccc1. The standard InChI is InChI=1S/C21H17N3O/c25-21-19(17-13-7-8-14-18(17)24-21)20(22-15-9-3-1-4-10-15)23-16-11-5-2-6-12-16/h1-14,24-25H,(H,22,23). The molecule has 3 aromatic carbocycles. The molecule has 0 fully saturated rings. The van der Waals surface area contributed by atoms with Crippen LogP contribution in [0.25, 0.3) is 10.9 Å². The lowest BCUT2D eigenvalue weighted by Crippen LogP contribution is -2.13. The van der Waals surface area contributed by atoms with Crippen LogP contribution in [-0.4, -0.2) is 15.9 Å². The lowest BCUT2D eigenvalue weighted by Gasteiger charge is -2.10. The van der Waals surface area contributed by atoms with Crippen LogP contribution >= 0.6 is 0 Å². The van der Waals surface area contributed by atoms with Crippen molar-refractivity contribution in [1.82, 2.24) is 4.98 Å². The van der Waals surface area contributed by atoms with Crippen LogP contribution in [0.5, 0.6) is 5.88 Å². The summed E-state index contributed by atoms with van der Waals surface area (Å²) in [5.74, 6) is 0.687. The number of anilines is 1. The van der Waals surface area contributed by atoms with Gasteiger partial charge in [0.05, 0.1) is 11.3 Å². The Morgan fingerprint density at radius 2 is 1.44 bits per heavy atom. The Kier molecular flexibility index (Phi) is 3.92. The molecule has 0 amide bonds. The monoisotopic (exact) mass is 327 g/mol. The smallest absolute Gasteiger partial charge is 0.200 e. The fourth-order valence-corrected chi connectivity index (χ4v) is 2.80. The van der Waals surface area contributed by atoms with E-state index in [1.165, 1.54) is 0 Å². The summed E-state index contributed by atoms with van der Waals surface area (Å²) in [7, 11) is 0. The topological polar surface area (TPSA) is 60.4 Å². The molecule has 25 heavy (non-hydrogen) atoms. The first-order valence-corrected chi connectivity index (χ1v) is 8.07. The minimum absolute atomic E-state index is 0.0966. The molecular weight excluding hydrogens is 310 g/mol. The number of rotatable bonds is 3. The van der Waals surface area contributed by atoms with Crippen LogP contribution in [0.4, 0.5) is 11.4 Å². The number of aromatic nitrogens is 1. The second-order valence-electron chi connectivity index (χ2n) is 5.68. The van der Waals surface area contributed by atoms with E-state index < -0.39 is 0 Å². The molecule has 0 saturated heterocycles. The van der Waals surface area contributed by atoms with Gasteiger partial charge in [-0.3, -0.25) is 0 Å². The van der Waals surface area contributed by atoms with Gasteiger partial charge in [0.2, 0.25) is 5.88 Å². The van der Waals surface area contributed by atoms with E-state index in [4.69, 9.17) is 4.99 Å². The highest BCUT2D eigenvalue weighted by Gasteiger charge is 2.17. The van der Waals surface area contributed by atoms with Crippen molar-refractivity contribution in [1.29, 1.82) is 0 Å². The van der Waals surface area contributed by atoms with Crippen LogP contribution in [0.15, 0.2) is 89.9 Å². The van der Waals surface area contributed by atoms with Crippen LogP contribution in [0.2, 0.25) is 0 Å². The number of H-pyrrole nitrogens is 1. The molecule has 3 N–H and O–H groups in total. The van der Waals surface area contributed by atoms with E-state index in [0.717, 1.165) is 22.3 Å². The Labute approximate surface area is 145 Å². The fourth-order valence-electron chi connectivity index (χ4n) is 2.80. The molecule has 122 valence electrons. The molecule has 0 spiro atoms. The highest BCUT2D eigenvalue weighted by Crippen LogP contribution is 2.29. The van der Waals surface area contributed by atoms with Gasteiger partial charge in [-0.15, -0.1) is 0 Å². The van der Waals surface area contributed by atoms with E-state index in [0.29, 0.717) is 11.4 Å². The van der Waals surface area contributed by atoms with Crippen molar-refractivity contribution in [2.45, 2.75) is 0 Å². The molecule has 0 radical (unpaired) electrons. The summed E-state index contributed by atoms with van der Waals surface area (Å²) < 4.78 is 0. The third kappa shape index (κ3) is 3.10. The minimum atomic E-state index is 0.0966. The van der Waals surface area contributed by atoms with Crippen molar-refractivity contribution in [3.63, 3.8) is 0 Å². The molecule has 4 heteroatoms. The van der Waals surface area contributed by atoms with Gasteiger partial charge in [-0.25, -0.2) is 4.99 Å². The zero-order valence-electron chi connectivity index (χ0n) is 13.5. The Morgan fingerprint density at radius 3 is 2.20 bits per heavy atom. The van der Waals surface area contributed by atoms with Gasteiger partial charge in [0.15, 0.2) is 0 Å². The predicted octanol–water partition coefficient (Wildman–Crippen LogP) is 5.06. The third-order valence-corrected chi connectivity index (χ3v) is 3.96. The molecule has 4 rings (SSSR count). The normalized spacial score (nSPS) is 11.6. The average Bonchev–Trinajstić information content (AvgIpc) is 2.98. The summed E-state index contributed by atoms with van der Waals surface area (Å²) in [5, 5.41) is 14.7. The first-order valence-electron chi connectivity index (χ1n) is 8.07. The number of para-hydroxylation sites is 3. The third-order valence-electron chi connectivity index (χ3n) is 3.96. The summed E-state index contributed by atoms with van der Waals surface area (Å²) in [6, 6.07) is 27.3. The van der Waals surface area contributed by atoms with Crippen LogP contribution in [0.3, 0.4) is 0 Å². The fraction of sp³-hybridized carbons (Fsp3) is 0. The molecule has 0 saturated carbocycles. The Balaban J connectivity index is 1.87. The maximum absolute atomic E-state index is 10.5. The highest BCUT2D eigenvalue weighted by atomic mass is 16.3. The van der Waals surface area contributed by atoms with E-state index in [1.54, 1.807) is 0 Å². The predicted molar refractivity (Wildman–Crippen MR) is 103 cm³/mol. The summed E-state index contributed by atoms with van der Waals surface area (Å²) >= 11 is 0. The van der Waals surface area contributed by atoms with Gasteiger partial charge in [0, 0.05) is 16.6 Å². The van der Waals surface area contributed by atoms with Crippen LogP contribution < -0.4 is 5.32 Å². The number of nitrogens with one attached hydrogen (secondary N) is 2. The molecule has 0 atom stereocenters. The van der Waals surface area contributed by atoms with E-state index in [9.17, 15) is 5.11 Å². The van der Waals surface area contributed by atoms with Gasteiger partial charge in [-0.2, -0.15) is 0 Å². The van der Waals surface area contributed by atoms with E-state index >= 15 is 0 Å². The van der Waals surface area contributed by atoms with Crippen molar-refractivity contribution < 1.29 is 5.11 Å². The van der Waals surface area contributed by atoms with Gasteiger partial charge in [-0.05, 0) is 30.3 Å². The first kappa shape index (κ1) is 15.0. The summed E-state index contributed by atoms with van der Waals surface area (Å²) in [6.07, 6.45) is 0. The van der Waals surface area contributed by atoms with E-state index in [1.807, 2.05) is 84.9 Å². The Morgan fingerprint density at radius 1 is 0.800 bits per heavy atom. The van der Waals surface area contributed by atoms with Gasteiger partial charge < -0.3 is 15.4 Å². The van der Waals surface area contributed by atoms with Gasteiger partial charge in [0.1, 0.15) is 5.84 Å². The molecule has 1 aromatic heterocycles. The maximum atomic E-state index is 10.5. The molecule has 1 heterocycles. The highest BCUT2D eigenvalue weighted by molar-refractivity contribution is 6.18. The van der Waals surface area contributed by atoms with Crippen LogP contribution in [-0.2, 0) is 0 Å². The van der Waals surface area contributed by atoms with Crippen LogP contribution in [0.1, 0.15) is 5.56 Å². The van der Waals surface area contributed by atoms with Crippen molar-refractivity contribution in [2.75, 3.05) is 5.32 Å². The molecule has 0 aliphatic carbocycles. The minimum Gasteiger partial charge on any atom is -0.494 e. The van der Waals surface area contributed by atoms with E-state index in [2.05, 4.69) is 10.3 Å². The zero-order valence-corrected chi connectivity index (χ0v) is 13.5. The van der Waals surface area contributed by atoms with Crippen molar-refractivity contribution in [3.8, 4) is 5.88 Å². The number of hydrogen-bond acceptors (Lipinski definition) is 2. The number of nitrogens with zero attached hydrogens (tertiary/aromatic N) is 1. The second kappa shape index (κ2) is 6.53. The Bertz CT molecular complexity index is 1020. The van der Waals surface area contributed by atoms with E-state index in [-0.39, 0.29) is 5.88 Å². The molecule has 0 aliphatic rings. The lowest BCUT2D eigenvalue weighted by atomic mass is 10.1. The lowest BCUT2D eigenvalue weighted by molar-refractivity contribution is 0.457. The van der Waals surface area contributed by atoms with Gasteiger partial charge in [0.25, 0.3) is 0 Å². The second-order valence-corrected chi connectivity index (χ2v) is 5.68. The van der Waals surface area contributed by atoms with Crippen LogP contribution in [0, 0.1) is 0 Å². The number of aliphatic imine (C=N–C) groups is 1. The summed E-state index contributed by atoms with van der Waals surface area (Å²) in [5.41, 5.74) is 3.24. The maximum Gasteiger partial charge on any atom is 0.200 e. The number of amidine groups is 1. The first-order chi connectivity index (χ1) is 12.3. The Hall–Kier alpha value is -3.53. The molecular formula is C21H17N3O. The molecule has 0 bridgehead atoms. The molecule has 0 unspecified atom stereocenters. The van der Waals surface area contributed by atoms with Crippen molar-refractivity contribution in [2.24, 2.45) is 4.99 Å². The zero-order chi connectivity index (χ0) is 17.1. The van der Waals surface area contributed by atoms with Gasteiger partial charge >= 0.3 is 0 Å². The molecule has 4 aromatic rings. The quantitative estimate of drug-likeness (QED) is 0.364. The number of fused-ring (bicyclic) bond motifs is 1. The van der Waals surface area contributed by atoms with Gasteiger partial charge in [-0.1, -0.05) is 54.6 Å². The number of aromatic hydroxyl groups is 1. The summed E-state index contributed by atoms with van der Waals surface area (Å²) in [4.78, 5) is 7.75.